The number of ether oxygens (including phenoxy) is 1. The Balaban J connectivity index is 2.74. The SMILES string of the molecule is CC1CN(C(=O)OC(C)(C)C)CC(CCCO)C1(F)F. The highest BCUT2D eigenvalue weighted by Crippen LogP contribution is 2.40. The summed E-state index contributed by atoms with van der Waals surface area (Å²) in [7, 11) is 0. The molecular formula is C14H25F2NO3. The van der Waals surface area contributed by atoms with Gasteiger partial charge < -0.3 is 14.7 Å². The van der Waals surface area contributed by atoms with Crippen LogP contribution in [0.3, 0.4) is 0 Å². The molecule has 0 radical (unpaired) electrons. The van der Waals surface area contributed by atoms with Crippen molar-refractivity contribution in [3.63, 3.8) is 0 Å². The van der Waals surface area contributed by atoms with E-state index in [2.05, 4.69) is 0 Å². The molecule has 0 saturated carbocycles. The van der Waals surface area contributed by atoms with Gasteiger partial charge in [0, 0.05) is 31.5 Å². The van der Waals surface area contributed by atoms with Crippen LogP contribution in [0.15, 0.2) is 0 Å². The average Bonchev–Trinajstić information content (AvgIpc) is 2.28. The fraction of sp³-hybridized carbons (Fsp3) is 0.929. The van der Waals surface area contributed by atoms with Crippen LogP contribution >= 0.6 is 0 Å². The maximum Gasteiger partial charge on any atom is 0.410 e. The molecule has 0 aromatic carbocycles. The zero-order chi connectivity index (χ0) is 15.6. The third-order valence-electron chi connectivity index (χ3n) is 3.50. The first-order valence-corrected chi connectivity index (χ1v) is 7.04. The van der Waals surface area contributed by atoms with Gasteiger partial charge in [-0.25, -0.2) is 13.6 Å². The van der Waals surface area contributed by atoms with Gasteiger partial charge in [0.1, 0.15) is 5.60 Å². The summed E-state index contributed by atoms with van der Waals surface area (Å²) in [6.07, 6.45) is -0.0312. The van der Waals surface area contributed by atoms with Crippen molar-refractivity contribution in [2.24, 2.45) is 11.8 Å². The van der Waals surface area contributed by atoms with Crippen molar-refractivity contribution in [1.29, 1.82) is 0 Å². The van der Waals surface area contributed by atoms with Crippen molar-refractivity contribution in [2.45, 2.75) is 52.1 Å². The van der Waals surface area contributed by atoms with Gasteiger partial charge in [0.2, 0.25) is 0 Å². The number of alkyl halides is 2. The fourth-order valence-corrected chi connectivity index (χ4v) is 2.41. The summed E-state index contributed by atoms with van der Waals surface area (Å²) < 4.78 is 33.4. The predicted molar refractivity (Wildman–Crippen MR) is 71.7 cm³/mol. The van der Waals surface area contributed by atoms with Gasteiger partial charge in [0.25, 0.3) is 5.92 Å². The van der Waals surface area contributed by atoms with E-state index in [-0.39, 0.29) is 26.1 Å². The van der Waals surface area contributed by atoms with Gasteiger partial charge in [-0.05, 0) is 33.6 Å². The topological polar surface area (TPSA) is 49.8 Å². The molecule has 6 heteroatoms. The maximum absolute atomic E-state index is 14.1. The molecule has 4 nitrogen and oxygen atoms in total. The highest BCUT2D eigenvalue weighted by molar-refractivity contribution is 5.68. The van der Waals surface area contributed by atoms with Gasteiger partial charge in [-0.1, -0.05) is 6.92 Å². The monoisotopic (exact) mass is 293 g/mol. The molecule has 0 bridgehead atoms. The maximum atomic E-state index is 14.1. The first kappa shape index (κ1) is 17.1. The van der Waals surface area contributed by atoms with Crippen LogP contribution < -0.4 is 0 Å². The Kier molecular flexibility index (Phi) is 5.35. The van der Waals surface area contributed by atoms with E-state index in [4.69, 9.17) is 9.84 Å². The number of aliphatic hydroxyl groups is 1. The van der Waals surface area contributed by atoms with Crippen LogP contribution in [0.4, 0.5) is 13.6 Å². The Morgan fingerprint density at radius 2 is 2.00 bits per heavy atom. The second-order valence-electron chi connectivity index (χ2n) is 6.52. The number of likely N-dealkylation sites (tertiary alicyclic amines) is 1. The Hall–Kier alpha value is -0.910. The largest absolute Gasteiger partial charge is 0.444 e. The third kappa shape index (κ3) is 4.30. The van der Waals surface area contributed by atoms with Crippen LogP contribution in [-0.4, -0.2) is 47.3 Å². The van der Waals surface area contributed by atoms with Gasteiger partial charge in [0.15, 0.2) is 0 Å². The smallest absolute Gasteiger partial charge is 0.410 e. The Morgan fingerprint density at radius 1 is 1.40 bits per heavy atom. The molecule has 0 aromatic heterocycles. The molecule has 1 amide bonds. The molecule has 1 saturated heterocycles. The van der Waals surface area contributed by atoms with E-state index in [0.717, 1.165) is 0 Å². The fourth-order valence-electron chi connectivity index (χ4n) is 2.41. The molecule has 0 aromatic rings. The van der Waals surface area contributed by atoms with Crippen LogP contribution in [0.5, 0.6) is 0 Å². The lowest BCUT2D eigenvalue weighted by molar-refractivity contribution is -0.145. The minimum Gasteiger partial charge on any atom is -0.444 e. The van der Waals surface area contributed by atoms with E-state index >= 15 is 0 Å². The van der Waals surface area contributed by atoms with Crippen LogP contribution in [0.1, 0.15) is 40.5 Å². The Bertz CT molecular complexity index is 342. The molecule has 1 N–H and O–H groups in total. The molecule has 1 aliphatic heterocycles. The molecule has 1 heterocycles. The normalized spacial score (nSPS) is 26.4. The molecule has 118 valence electrons. The summed E-state index contributed by atoms with van der Waals surface area (Å²) in [5.41, 5.74) is -0.638. The molecule has 0 spiro atoms. The standard InChI is InChI=1S/C14H25F2NO3/c1-10-8-17(12(19)20-13(2,3)4)9-11(6-5-7-18)14(10,15)16/h10-11,18H,5-9H2,1-4H3. The van der Waals surface area contributed by atoms with Crippen molar-refractivity contribution in [3.8, 4) is 0 Å². The van der Waals surface area contributed by atoms with E-state index in [9.17, 15) is 13.6 Å². The van der Waals surface area contributed by atoms with Crippen molar-refractivity contribution in [2.75, 3.05) is 19.7 Å². The van der Waals surface area contributed by atoms with Crippen molar-refractivity contribution in [1.82, 2.24) is 4.90 Å². The minimum absolute atomic E-state index is 0.00244. The second-order valence-corrected chi connectivity index (χ2v) is 6.52. The molecule has 20 heavy (non-hydrogen) atoms. The van der Waals surface area contributed by atoms with E-state index in [0.29, 0.717) is 6.42 Å². The quantitative estimate of drug-likeness (QED) is 0.870. The van der Waals surface area contributed by atoms with Gasteiger partial charge >= 0.3 is 6.09 Å². The van der Waals surface area contributed by atoms with Crippen LogP contribution in [-0.2, 0) is 4.74 Å². The number of amides is 1. The Labute approximate surface area is 119 Å². The highest BCUT2D eigenvalue weighted by Gasteiger charge is 2.50. The predicted octanol–water partition coefficient (Wildman–Crippen LogP) is 2.90. The number of carbonyl (C=O) groups excluding carboxylic acids is 1. The number of halogens is 2. The van der Waals surface area contributed by atoms with E-state index in [1.54, 1.807) is 20.8 Å². The van der Waals surface area contributed by atoms with E-state index in [1.165, 1.54) is 11.8 Å². The summed E-state index contributed by atoms with van der Waals surface area (Å²) in [5, 5.41) is 8.81. The summed E-state index contributed by atoms with van der Waals surface area (Å²) >= 11 is 0. The third-order valence-corrected chi connectivity index (χ3v) is 3.50. The average molecular weight is 293 g/mol. The summed E-state index contributed by atoms with van der Waals surface area (Å²) in [5.74, 6) is -4.65. The molecule has 2 unspecified atom stereocenters. The van der Waals surface area contributed by atoms with Gasteiger partial charge in [-0.15, -0.1) is 0 Å². The Morgan fingerprint density at radius 3 is 2.50 bits per heavy atom. The molecule has 1 rings (SSSR count). The first-order valence-electron chi connectivity index (χ1n) is 7.04. The number of hydrogen-bond donors (Lipinski definition) is 1. The molecule has 1 aliphatic rings. The molecule has 0 aliphatic carbocycles. The number of carbonyl (C=O) groups is 1. The highest BCUT2D eigenvalue weighted by atomic mass is 19.3. The molecule has 2 atom stereocenters. The summed E-state index contributed by atoms with van der Waals surface area (Å²) in [6, 6.07) is 0. The minimum atomic E-state index is -2.81. The van der Waals surface area contributed by atoms with Crippen molar-refractivity contribution >= 4 is 6.09 Å². The number of piperidine rings is 1. The molecular weight excluding hydrogens is 268 g/mol. The number of aliphatic hydroxyl groups excluding tert-OH is 1. The van der Waals surface area contributed by atoms with Crippen LogP contribution in [0, 0.1) is 11.8 Å². The summed E-state index contributed by atoms with van der Waals surface area (Å²) in [4.78, 5) is 13.4. The number of hydrogen-bond acceptors (Lipinski definition) is 3. The zero-order valence-electron chi connectivity index (χ0n) is 12.7. The first-order chi connectivity index (χ1) is 9.08. The molecule has 1 fully saturated rings. The number of nitrogens with zero attached hydrogens (tertiary/aromatic N) is 1. The van der Waals surface area contributed by atoms with E-state index in [1.807, 2.05) is 0 Å². The number of rotatable bonds is 3. The zero-order valence-corrected chi connectivity index (χ0v) is 12.7. The van der Waals surface area contributed by atoms with Crippen LogP contribution in [0.25, 0.3) is 0 Å². The van der Waals surface area contributed by atoms with Crippen molar-refractivity contribution < 1.29 is 23.4 Å². The van der Waals surface area contributed by atoms with Gasteiger partial charge in [-0.2, -0.15) is 0 Å². The van der Waals surface area contributed by atoms with E-state index < -0.39 is 29.5 Å². The van der Waals surface area contributed by atoms with Gasteiger partial charge in [-0.3, -0.25) is 0 Å². The van der Waals surface area contributed by atoms with Crippen molar-refractivity contribution in [3.05, 3.63) is 0 Å². The van der Waals surface area contributed by atoms with Crippen LogP contribution in [0.2, 0.25) is 0 Å². The summed E-state index contributed by atoms with van der Waals surface area (Å²) in [6.45, 7) is 6.54. The van der Waals surface area contributed by atoms with Gasteiger partial charge in [0.05, 0.1) is 0 Å². The lowest BCUT2D eigenvalue weighted by atomic mass is 9.83. The second kappa shape index (κ2) is 6.24. The lowest BCUT2D eigenvalue weighted by Crippen LogP contribution is -2.55. The lowest BCUT2D eigenvalue weighted by Gasteiger charge is -2.42.